The van der Waals surface area contributed by atoms with Crippen LogP contribution in [-0.4, -0.2) is 26.7 Å². The van der Waals surface area contributed by atoms with Crippen LogP contribution in [0.3, 0.4) is 0 Å². The Hall–Kier alpha value is -3.93. The Morgan fingerprint density at radius 2 is 2.06 bits per heavy atom. The van der Waals surface area contributed by atoms with Crippen LogP contribution >= 0.6 is 0 Å². The summed E-state index contributed by atoms with van der Waals surface area (Å²) in [4.78, 5) is 17.8. The Kier molecular flexibility index (Phi) is 5.19. The summed E-state index contributed by atoms with van der Waals surface area (Å²) in [7, 11) is 0. The molecule has 0 radical (unpaired) electrons. The van der Waals surface area contributed by atoms with Crippen molar-refractivity contribution in [3.8, 4) is 5.75 Å². The molecule has 6 heteroatoms. The van der Waals surface area contributed by atoms with Gasteiger partial charge < -0.3 is 9.52 Å². The number of hydrogen-bond donors (Lipinski definition) is 1. The largest absolute Gasteiger partial charge is 0.508 e. The van der Waals surface area contributed by atoms with E-state index in [-0.39, 0.29) is 11.7 Å². The molecule has 1 unspecified atom stereocenters. The molecule has 1 atom stereocenters. The first-order valence-electron chi connectivity index (χ1n) is 10.7. The van der Waals surface area contributed by atoms with Crippen molar-refractivity contribution in [2.75, 3.05) is 0 Å². The lowest BCUT2D eigenvalue weighted by Crippen LogP contribution is -2.27. The van der Waals surface area contributed by atoms with E-state index < -0.39 is 6.04 Å². The van der Waals surface area contributed by atoms with Gasteiger partial charge in [0.25, 0.3) is 5.91 Å². The van der Waals surface area contributed by atoms with Crippen molar-refractivity contribution in [1.82, 2.24) is 9.99 Å². The highest BCUT2D eigenvalue weighted by Crippen LogP contribution is 2.38. The topological polar surface area (TPSA) is 78.9 Å². The van der Waals surface area contributed by atoms with Gasteiger partial charge in [-0.25, -0.2) is 5.01 Å². The van der Waals surface area contributed by atoms with Crippen LogP contribution in [0.4, 0.5) is 0 Å². The zero-order valence-electron chi connectivity index (χ0n) is 17.7. The van der Waals surface area contributed by atoms with Crippen molar-refractivity contribution in [1.29, 1.82) is 0 Å². The molecular formula is C26H23N3O3. The third kappa shape index (κ3) is 3.64. The number of amides is 1. The molecular weight excluding hydrogens is 402 g/mol. The fourth-order valence-corrected chi connectivity index (χ4v) is 4.17. The molecule has 2 aromatic heterocycles. The number of rotatable bonds is 4. The number of phenolic OH excluding ortho intramolecular Hbond substituents is 1. The number of carbonyl (C=O) groups is 1. The Morgan fingerprint density at radius 3 is 2.81 bits per heavy atom. The number of phenols is 1. The normalized spacial score (nSPS) is 17.9. The quantitative estimate of drug-likeness (QED) is 0.606. The van der Waals surface area contributed by atoms with Gasteiger partial charge in [-0.1, -0.05) is 42.5 Å². The SMILES string of the molecule is Cc1oc(C2=CCCC=C2)cc1C(=O)N1N=C(c2cccnc2)CC1c1ccccc1O. The molecule has 1 amide bonds. The van der Waals surface area contributed by atoms with E-state index in [1.807, 2.05) is 30.3 Å². The number of aromatic hydroxyl groups is 1. The van der Waals surface area contributed by atoms with Crippen LogP contribution in [0.15, 0.2) is 82.6 Å². The van der Waals surface area contributed by atoms with Crippen molar-refractivity contribution in [2.45, 2.75) is 32.2 Å². The van der Waals surface area contributed by atoms with Crippen LogP contribution < -0.4 is 0 Å². The number of pyridine rings is 1. The first-order chi connectivity index (χ1) is 15.6. The fourth-order valence-electron chi connectivity index (χ4n) is 4.17. The molecule has 0 fully saturated rings. The molecule has 6 nitrogen and oxygen atoms in total. The summed E-state index contributed by atoms with van der Waals surface area (Å²) in [5, 5.41) is 16.6. The number of furan rings is 1. The number of para-hydroxylation sites is 1. The molecule has 2 aliphatic rings. The van der Waals surface area contributed by atoms with Gasteiger partial charge in [-0.3, -0.25) is 9.78 Å². The monoisotopic (exact) mass is 425 g/mol. The molecule has 5 rings (SSSR count). The van der Waals surface area contributed by atoms with Gasteiger partial charge in [-0.2, -0.15) is 5.10 Å². The van der Waals surface area contributed by atoms with Gasteiger partial charge in [0.05, 0.1) is 17.3 Å². The van der Waals surface area contributed by atoms with E-state index in [9.17, 15) is 9.90 Å². The van der Waals surface area contributed by atoms with Gasteiger partial charge in [-0.15, -0.1) is 0 Å². The summed E-state index contributed by atoms with van der Waals surface area (Å²) >= 11 is 0. The molecule has 160 valence electrons. The third-order valence-corrected chi connectivity index (χ3v) is 5.84. The van der Waals surface area contributed by atoms with Gasteiger partial charge in [0.2, 0.25) is 0 Å². The highest BCUT2D eigenvalue weighted by molar-refractivity contribution is 6.05. The van der Waals surface area contributed by atoms with Crippen LogP contribution in [0.2, 0.25) is 0 Å². The summed E-state index contributed by atoms with van der Waals surface area (Å²) in [6.07, 6.45) is 12.1. The van der Waals surface area contributed by atoms with Crippen molar-refractivity contribution in [2.24, 2.45) is 5.10 Å². The summed E-state index contributed by atoms with van der Waals surface area (Å²) in [5.74, 6) is 1.10. The van der Waals surface area contributed by atoms with Crippen molar-refractivity contribution in [3.63, 3.8) is 0 Å². The maximum Gasteiger partial charge on any atom is 0.278 e. The van der Waals surface area contributed by atoms with E-state index in [0.717, 1.165) is 29.7 Å². The van der Waals surface area contributed by atoms with Gasteiger partial charge in [0.15, 0.2) is 0 Å². The highest BCUT2D eigenvalue weighted by atomic mass is 16.3. The Labute approximate surface area is 186 Å². The van der Waals surface area contributed by atoms with E-state index >= 15 is 0 Å². The molecule has 3 heterocycles. The lowest BCUT2D eigenvalue weighted by molar-refractivity contribution is 0.0708. The van der Waals surface area contributed by atoms with Gasteiger partial charge in [0.1, 0.15) is 17.3 Å². The molecule has 0 saturated carbocycles. The van der Waals surface area contributed by atoms with Crippen LogP contribution in [-0.2, 0) is 0 Å². The minimum Gasteiger partial charge on any atom is -0.508 e. The molecule has 0 spiro atoms. The number of allylic oxidation sites excluding steroid dienone is 4. The maximum atomic E-state index is 13.7. The number of nitrogens with zero attached hydrogens (tertiary/aromatic N) is 3. The number of aromatic nitrogens is 1. The molecule has 0 bridgehead atoms. The fraction of sp³-hybridized carbons (Fsp3) is 0.192. The minimum absolute atomic E-state index is 0.139. The first kappa shape index (κ1) is 20.0. The second-order valence-electron chi connectivity index (χ2n) is 7.94. The van der Waals surface area contributed by atoms with Crippen LogP contribution in [0.25, 0.3) is 5.57 Å². The molecule has 1 N–H and O–H groups in total. The predicted molar refractivity (Wildman–Crippen MR) is 122 cm³/mol. The number of benzene rings is 1. The zero-order chi connectivity index (χ0) is 22.1. The number of hydrogen-bond acceptors (Lipinski definition) is 5. The van der Waals surface area contributed by atoms with E-state index in [1.165, 1.54) is 5.01 Å². The summed E-state index contributed by atoms with van der Waals surface area (Å²) in [6, 6.07) is 12.2. The second kappa shape index (κ2) is 8.30. The van der Waals surface area contributed by atoms with Gasteiger partial charge >= 0.3 is 0 Å². The van der Waals surface area contributed by atoms with Crippen molar-refractivity contribution in [3.05, 3.63) is 101 Å². The Balaban J connectivity index is 1.54. The predicted octanol–water partition coefficient (Wildman–Crippen LogP) is 5.41. The van der Waals surface area contributed by atoms with Gasteiger partial charge in [0, 0.05) is 35.5 Å². The standard InChI is InChI=1S/C26H23N3O3/c1-17-21(14-25(32-17)18-8-3-2-4-9-18)26(31)29-23(20-11-5-6-12-24(20)30)15-22(28-29)19-10-7-13-27-16-19/h3,5-14,16,23,30H,2,4,15H2,1H3. The van der Waals surface area contributed by atoms with Gasteiger partial charge in [-0.05, 0) is 38.0 Å². The average Bonchev–Trinajstić information content (AvgIpc) is 3.44. The Bertz CT molecular complexity index is 1250. The van der Waals surface area contributed by atoms with Crippen molar-refractivity contribution < 1.29 is 14.3 Å². The summed E-state index contributed by atoms with van der Waals surface area (Å²) in [6.45, 7) is 1.79. The van der Waals surface area contributed by atoms with E-state index in [4.69, 9.17) is 4.42 Å². The zero-order valence-corrected chi connectivity index (χ0v) is 17.7. The number of carbonyl (C=O) groups excluding carboxylic acids is 1. The second-order valence-corrected chi connectivity index (χ2v) is 7.94. The molecule has 0 saturated heterocycles. The van der Waals surface area contributed by atoms with Crippen LogP contribution in [0.1, 0.15) is 58.3 Å². The van der Waals surface area contributed by atoms with Crippen LogP contribution in [0, 0.1) is 6.92 Å². The lowest BCUT2D eigenvalue weighted by atomic mass is 9.98. The first-order valence-corrected chi connectivity index (χ1v) is 10.7. The maximum absolute atomic E-state index is 13.7. The summed E-state index contributed by atoms with van der Waals surface area (Å²) in [5.41, 5.74) is 3.71. The van der Waals surface area contributed by atoms with Crippen molar-refractivity contribution >= 4 is 17.2 Å². The number of aryl methyl sites for hydroxylation is 1. The van der Waals surface area contributed by atoms with Crippen LogP contribution in [0.5, 0.6) is 5.75 Å². The summed E-state index contributed by atoms with van der Waals surface area (Å²) < 4.78 is 5.94. The highest BCUT2D eigenvalue weighted by Gasteiger charge is 2.36. The van der Waals surface area contributed by atoms with E-state index in [0.29, 0.717) is 29.1 Å². The lowest BCUT2D eigenvalue weighted by Gasteiger charge is -2.22. The van der Waals surface area contributed by atoms with E-state index in [1.54, 1.807) is 37.5 Å². The minimum atomic E-state index is -0.426. The molecule has 1 aliphatic heterocycles. The molecule has 1 aromatic carbocycles. The molecule has 1 aliphatic carbocycles. The molecule has 3 aromatic rings. The number of hydrazone groups is 1. The third-order valence-electron chi connectivity index (χ3n) is 5.84. The smallest absolute Gasteiger partial charge is 0.278 e. The average molecular weight is 425 g/mol. The van der Waals surface area contributed by atoms with E-state index in [2.05, 4.69) is 22.2 Å². The molecule has 32 heavy (non-hydrogen) atoms. The Morgan fingerprint density at radius 1 is 1.19 bits per heavy atom.